The van der Waals surface area contributed by atoms with Gasteiger partial charge in [-0.05, 0) is 24.6 Å². The van der Waals surface area contributed by atoms with Crippen LogP contribution in [0.3, 0.4) is 0 Å². The minimum absolute atomic E-state index is 0.221. The van der Waals surface area contributed by atoms with Gasteiger partial charge in [-0.3, -0.25) is 4.68 Å². The van der Waals surface area contributed by atoms with Crippen molar-refractivity contribution in [2.75, 3.05) is 24.2 Å². The lowest BCUT2D eigenvalue weighted by Crippen LogP contribution is -2.13. The van der Waals surface area contributed by atoms with E-state index in [1.165, 1.54) is 5.56 Å². The molecule has 2 heterocycles. The SMILES string of the molecule is Cc1cccc(OCCNc2nc(N)nc3c2cnn3C)c1. The van der Waals surface area contributed by atoms with Gasteiger partial charge in [0.05, 0.1) is 18.1 Å². The highest BCUT2D eigenvalue weighted by atomic mass is 16.5. The number of rotatable bonds is 5. The molecule has 0 aliphatic heterocycles. The topological polar surface area (TPSA) is 90.9 Å². The van der Waals surface area contributed by atoms with Crippen LogP contribution in [0.5, 0.6) is 5.75 Å². The van der Waals surface area contributed by atoms with Crippen molar-refractivity contribution in [3.8, 4) is 5.75 Å². The van der Waals surface area contributed by atoms with Gasteiger partial charge in [-0.25, -0.2) is 0 Å². The van der Waals surface area contributed by atoms with Gasteiger partial charge in [-0.15, -0.1) is 0 Å². The smallest absolute Gasteiger partial charge is 0.224 e. The van der Waals surface area contributed by atoms with Crippen molar-refractivity contribution in [3.05, 3.63) is 36.0 Å². The van der Waals surface area contributed by atoms with E-state index in [1.807, 2.05) is 38.2 Å². The summed E-state index contributed by atoms with van der Waals surface area (Å²) in [6, 6.07) is 7.95. The maximum absolute atomic E-state index is 5.73. The van der Waals surface area contributed by atoms with E-state index in [9.17, 15) is 0 Å². The zero-order valence-electron chi connectivity index (χ0n) is 12.6. The molecule has 0 fully saturated rings. The summed E-state index contributed by atoms with van der Waals surface area (Å²) in [5, 5.41) is 8.23. The molecule has 0 bridgehead atoms. The van der Waals surface area contributed by atoms with Gasteiger partial charge in [0.15, 0.2) is 5.65 Å². The highest BCUT2D eigenvalue weighted by Gasteiger charge is 2.09. The number of ether oxygens (including phenoxy) is 1. The summed E-state index contributed by atoms with van der Waals surface area (Å²) < 4.78 is 7.37. The molecular weight excluding hydrogens is 280 g/mol. The maximum Gasteiger partial charge on any atom is 0.224 e. The fourth-order valence-electron chi connectivity index (χ4n) is 2.22. The molecule has 0 saturated heterocycles. The minimum atomic E-state index is 0.221. The van der Waals surface area contributed by atoms with Crippen molar-refractivity contribution in [2.24, 2.45) is 7.05 Å². The highest BCUT2D eigenvalue weighted by molar-refractivity contribution is 5.87. The van der Waals surface area contributed by atoms with E-state index >= 15 is 0 Å². The van der Waals surface area contributed by atoms with E-state index in [-0.39, 0.29) is 5.95 Å². The van der Waals surface area contributed by atoms with E-state index in [0.29, 0.717) is 24.6 Å². The van der Waals surface area contributed by atoms with E-state index in [0.717, 1.165) is 11.1 Å². The van der Waals surface area contributed by atoms with Crippen LogP contribution in [0.25, 0.3) is 11.0 Å². The number of fused-ring (bicyclic) bond motifs is 1. The van der Waals surface area contributed by atoms with Crippen molar-refractivity contribution in [3.63, 3.8) is 0 Å². The first-order valence-electron chi connectivity index (χ1n) is 7.02. The highest BCUT2D eigenvalue weighted by Crippen LogP contribution is 2.20. The number of aryl methyl sites for hydroxylation is 2. The Morgan fingerprint density at radius 3 is 3.00 bits per heavy atom. The molecule has 2 aromatic heterocycles. The van der Waals surface area contributed by atoms with Crippen LogP contribution < -0.4 is 15.8 Å². The number of benzene rings is 1. The molecular formula is C15H18N6O. The summed E-state index contributed by atoms with van der Waals surface area (Å²) in [5.74, 6) is 1.75. The molecule has 7 nitrogen and oxygen atoms in total. The van der Waals surface area contributed by atoms with Crippen LogP contribution >= 0.6 is 0 Å². The number of nitrogens with one attached hydrogen (secondary N) is 1. The van der Waals surface area contributed by atoms with Crippen molar-refractivity contribution < 1.29 is 4.74 Å². The van der Waals surface area contributed by atoms with Gasteiger partial charge in [-0.2, -0.15) is 15.1 Å². The average Bonchev–Trinajstić information content (AvgIpc) is 2.85. The molecule has 114 valence electrons. The molecule has 0 atom stereocenters. The van der Waals surface area contributed by atoms with E-state index in [4.69, 9.17) is 10.5 Å². The van der Waals surface area contributed by atoms with Gasteiger partial charge < -0.3 is 15.8 Å². The summed E-state index contributed by atoms with van der Waals surface area (Å²) in [6.07, 6.45) is 1.72. The second kappa shape index (κ2) is 5.88. The molecule has 3 rings (SSSR count). The first-order valence-corrected chi connectivity index (χ1v) is 7.02. The number of anilines is 2. The predicted molar refractivity (Wildman–Crippen MR) is 85.9 cm³/mol. The van der Waals surface area contributed by atoms with Crippen LogP contribution in [-0.4, -0.2) is 32.9 Å². The third-order valence-corrected chi connectivity index (χ3v) is 3.26. The summed E-state index contributed by atoms with van der Waals surface area (Å²) in [5.41, 5.74) is 7.61. The van der Waals surface area contributed by atoms with Crippen LogP contribution in [0, 0.1) is 6.92 Å². The fraction of sp³-hybridized carbons (Fsp3) is 0.267. The minimum Gasteiger partial charge on any atom is -0.492 e. The lowest BCUT2D eigenvalue weighted by Gasteiger charge is -2.09. The molecule has 0 amide bonds. The number of hydrogen-bond donors (Lipinski definition) is 2. The molecule has 0 spiro atoms. The van der Waals surface area contributed by atoms with Gasteiger partial charge >= 0.3 is 0 Å². The second-order valence-electron chi connectivity index (χ2n) is 5.03. The molecule has 0 aliphatic rings. The average molecular weight is 298 g/mol. The van der Waals surface area contributed by atoms with E-state index in [2.05, 4.69) is 20.4 Å². The summed E-state index contributed by atoms with van der Waals surface area (Å²) in [4.78, 5) is 8.40. The molecule has 0 unspecified atom stereocenters. The third-order valence-electron chi connectivity index (χ3n) is 3.26. The van der Waals surface area contributed by atoms with Crippen LogP contribution in [-0.2, 0) is 7.05 Å². The zero-order chi connectivity index (χ0) is 15.5. The molecule has 3 aromatic rings. The Bertz CT molecular complexity index is 798. The van der Waals surface area contributed by atoms with Crippen LogP contribution in [0.2, 0.25) is 0 Å². The summed E-state index contributed by atoms with van der Waals surface area (Å²) >= 11 is 0. The molecule has 0 saturated carbocycles. The number of hydrogen-bond acceptors (Lipinski definition) is 6. The number of nitrogens with two attached hydrogens (primary N) is 1. The van der Waals surface area contributed by atoms with E-state index in [1.54, 1.807) is 10.9 Å². The quantitative estimate of drug-likeness (QED) is 0.697. The Morgan fingerprint density at radius 1 is 1.32 bits per heavy atom. The lowest BCUT2D eigenvalue weighted by atomic mass is 10.2. The van der Waals surface area contributed by atoms with Gasteiger partial charge in [-0.1, -0.05) is 12.1 Å². The Hall–Kier alpha value is -2.83. The largest absolute Gasteiger partial charge is 0.492 e. The summed E-state index contributed by atoms with van der Waals surface area (Å²) in [7, 11) is 1.82. The Morgan fingerprint density at radius 2 is 2.18 bits per heavy atom. The van der Waals surface area contributed by atoms with Crippen LogP contribution in [0.4, 0.5) is 11.8 Å². The Labute approximate surface area is 128 Å². The molecule has 3 N–H and O–H groups in total. The third kappa shape index (κ3) is 2.93. The lowest BCUT2D eigenvalue weighted by molar-refractivity contribution is 0.332. The zero-order valence-corrected chi connectivity index (χ0v) is 12.6. The fourth-order valence-corrected chi connectivity index (χ4v) is 2.22. The first-order chi connectivity index (χ1) is 10.6. The molecule has 0 aliphatic carbocycles. The summed E-state index contributed by atoms with van der Waals surface area (Å²) in [6.45, 7) is 3.16. The maximum atomic E-state index is 5.73. The molecule has 7 heteroatoms. The van der Waals surface area contributed by atoms with Crippen molar-refractivity contribution >= 4 is 22.8 Å². The van der Waals surface area contributed by atoms with Gasteiger partial charge in [0.2, 0.25) is 5.95 Å². The molecule has 1 aromatic carbocycles. The number of aromatic nitrogens is 4. The van der Waals surface area contributed by atoms with Crippen molar-refractivity contribution in [1.82, 2.24) is 19.7 Å². The van der Waals surface area contributed by atoms with Crippen molar-refractivity contribution in [1.29, 1.82) is 0 Å². The second-order valence-corrected chi connectivity index (χ2v) is 5.03. The van der Waals surface area contributed by atoms with Gasteiger partial charge in [0, 0.05) is 7.05 Å². The van der Waals surface area contributed by atoms with Crippen LogP contribution in [0.1, 0.15) is 5.56 Å². The first kappa shape index (κ1) is 14.1. The number of nitrogens with zero attached hydrogens (tertiary/aromatic N) is 4. The normalized spacial score (nSPS) is 10.8. The Balaban J connectivity index is 1.64. The predicted octanol–water partition coefficient (Wildman–Crippen LogP) is 1.74. The van der Waals surface area contributed by atoms with Crippen LogP contribution in [0.15, 0.2) is 30.5 Å². The van der Waals surface area contributed by atoms with E-state index < -0.39 is 0 Å². The van der Waals surface area contributed by atoms with Crippen molar-refractivity contribution in [2.45, 2.75) is 6.92 Å². The van der Waals surface area contributed by atoms with Gasteiger partial charge in [0.25, 0.3) is 0 Å². The van der Waals surface area contributed by atoms with Gasteiger partial charge in [0.1, 0.15) is 18.2 Å². The Kier molecular flexibility index (Phi) is 3.78. The molecule has 22 heavy (non-hydrogen) atoms. The standard InChI is InChI=1S/C15H18N6O/c1-10-4-3-5-11(8-10)22-7-6-17-13-12-9-18-21(2)14(12)20-15(16)19-13/h3-5,8-9H,6-7H2,1-2H3,(H3,16,17,19,20). The molecule has 0 radical (unpaired) electrons. The monoisotopic (exact) mass is 298 g/mol. The number of nitrogen functional groups attached to an aromatic ring is 1.